The average Bonchev–Trinajstić information content (AvgIpc) is 3.67. The van der Waals surface area contributed by atoms with Gasteiger partial charge in [0.05, 0.1) is 25.8 Å². The Hall–Kier alpha value is -4.06. The largest absolute Gasteiger partial charge is 0.489 e. The van der Waals surface area contributed by atoms with Crippen LogP contribution in [-0.2, 0) is 11.3 Å². The summed E-state index contributed by atoms with van der Waals surface area (Å²) in [5.74, 6) is -0.168. The summed E-state index contributed by atoms with van der Waals surface area (Å²) in [5, 5.41) is 2.72. The number of alkyl halides is 2. The number of nitrogens with two attached hydrogens (primary N) is 1. The number of pyridine rings is 1. The minimum Gasteiger partial charge on any atom is -0.489 e. The maximum absolute atomic E-state index is 12.9. The van der Waals surface area contributed by atoms with Crippen molar-refractivity contribution in [3.8, 4) is 23.0 Å². The van der Waals surface area contributed by atoms with Crippen LogP contribution in [0.25, 0.3) is 11.5 Å². The summed E-state index contributed by atoms with van der Waals surface area (Å²) in [4.78, 5) is 33.6. The molecule has 2 aromatic heterocycles. The number of aromatic nitrogens is 2. The molecule has 0 spiro atoms. The van der Waals surface area contributed by atoms with Crippen molar-refractivity contribution < 1.29 is 37.0 Å². The van der Waals surface area contributed by atoms with E-state index in [1.807, 2.05) is 6.92 Å². The number of carbonyl (C=O) groups excluding carboxylic acids is 2. The molecule has 1 fully saturated rings. The highest BCUT2D eigenvalue weighted by Crippen LogP contribution is 2.37. The second-order valence-electron chi connectivity index (χ2n) is 9.49. The third-order valence-corrected chi connectivity index (χ3v) is 6.06. The molecule has 1 aliphatic rings. The summed E-state index contributed by atoms with van der Waals surface area (Å²) in [6.07, 6.45) is 3.67. The molecule has 1 atom stereocenters. The molecule has 0 radical (unpaired) electrons. The third-order valence-electron chi connectivity index (χ3n) is 6.06. The molecule has 1 amide bonds. The summed E-state index contributed by atoms with van der Waals surface area (Å²) >= 11 is 0. The van der Waals surface area contributed by atoms with Crippen LogP contribution in [0.5, 0.6) is 11.5 Å². The maximum atomic E-state index is 12.9. The van der Waals surface area contributed by atoms with Crippen LogP contribution in [0.15, 0.2) is 40.8 Å². The van der Waals surface area contributed by atoms with Crippen molar-refractivity contribution in [1.29, 1.82) is 0 Å². The lowest BCUT2D eigenvalue weighted by Crippen LogP contribution is -2.25. The minimum atomic E-state index is -3.00. The molecular formula is C28H32F2N4O6. The molecule has 40 heavy (non-hydrogen) atoms. The van der Waals surface area contributed by atoms with Crippen LogP contribution in [0, 0.1) is 5.92 Å². The molecule has 4 rings (SSSR count). The molecule has 1 saturated carbocycles. The zero-order valence-corrected chi connectivity index (χ0v) is 22.3. The maximum Gasteiger partial charge on any atom is 0.387 e. The van der Waals surface area contributed by atoms with E-state index in [0.29, 0.717) is 29.5 Å². The number of hydrogen-bond donors (Lipinski definition) is 2. The number of rotatable bonds is 14. The van der Waals surface area contributed by atoms with Gasteiger partial charge >= 0.3 is 12.6 Å². The average molecular weight is 559 g/mol. The number of nitrogens with one attached hydrogen (secondary N) is 1. The molecule has 12 heteroatoms. The zero-order valence-electron chi connectivity index (χ0n) is 22.3. The number of unbranched alkanes of at least 4 members (excludes halogenated alkanes) is 1. The lowest BCUT2D eigenvalue weighted by atomic mass is 10.2. The van der Waals surface area contributed by atoms with Crippen molar-refractivity contribution in [3.63, 3.8) is 0 Å². The Bertz CT molecular complexity index is 1330. The van der Waals surface area contributed by atoms with E-state index < -0.39 is 24.5 Å². The van der Waals surface area contributed by atoms with Gasteiger partial charge < -0.3 is 29.7 Å². The Labute approximate surface area is 230 Å². The van der Waals surface area contributed by atoms with Crippen molar-refractivity contribution in [2.45, 2.75) is 58.7 Å². The number of ether oxygens (including phenoxy) is 3. The number of amides is 1. The lowest BCUT2D eigenvalue weighted by Gasteiger charge is -2.12. The molecule has 0 bridgehead atoms. The summed E-state index contributed by atoms with van der Waals surface area (Å²) < 4.78 is 47.2. The van der Waals surface area contributed by atoms with Crippen LogP contribution >= 0.6 is 0 Å². The highest BCUT2D eigenvalue weighted by molar-refractivity contribution is 5.94. The van der Waals surface area contributed by atoms with Crippen molar-refractivity contribution >= 4 is 11.9 Å². The predicted molar refractivity (Wildman–Crippen MR) is 140 cm³/mol. The fourth-order valence-electron chi connectivity index (χ4n) is 3.72. The Balaban J connectivity index is 1.49. The molecule has 0 aliphatic heterocycles. The number of benzene rings is 1. The fourth-order valence-corrected chi connectivity index (χ4v) is 3.72. The van der Waals surface area contributed by atoms with Crippen molar-refractivity contribution in [2.24, 2.45) is 11.7 Å². The molecule has 3 aromatic rings. The van der Waals surface area contributed by atoms with Gasteiger partial charge in [-0.2, -0.15) is 8.78 Å². The van der Waals surface area contributed by atoms with Gasteiger partial charge in [0, 0.05) is 5.56 Å². The van der Waals surface area contributed by atoms with Gasteiger partial charge in [-0.15, -0.1) is 0 Å². The van der Waals surface area contributed by atoms with Crippen molar-refractivity contribution in [2.75, 3.05) is 13.2 Å². The van der Waals surface area contributed by atoms with Gasteiger partial charge in [-0.1, -0.05) is 19.4 Å². The van der Waals surface area contributed by atoms with E-state index in [-0.39, 0.29) is 41.9 Å². The first-order chi connectivity index (χ1) is 19.2. The van der Waals surface area contributed by atoms with Gasteiger partial charge in [0.25, 0.3) is 5.91 Å². The molecule has 1 unspecified atom stereocenters. The van der Waals surface area contributed by atoms with Crippen LogP contribution in [0.4, 0.5) is 8.78 Å². The van der Waals surface area contributed by atoms with Gasteiger partial charge in [0.1, 0.15) is 22.8 Å². The Morgan fingerprint density at radius 3 is 2.62 bits per heavy atom. The lowest BCUT2D eigenvalue weighted by molar-refractivity contribution is -0.0515. The Kier molecular flexibility index (Phi) is 9.65. The van der Waals surface area contributed by atoms with E-state index in [1.54, 1.807) is 13.0 Å². The van der Waals surface area contributed by atoms with Gasteiger partial charge in [-0.3, -0.25) is 4.79 Å². The standard InChI is InChI=1S/C28H32F2N4O6/c1-3-4-12-37-27(36)20-7-5-6-19(33-20)25(35)32-14-21-24(16(2)31)40-26(34-21)18-10-11-22(39-28(29)30)23(13-18)38-15-17-8-9-17/h5-7,10-11,13,16-17,28H,3-4,8-9,12,14-15,31H2,1-2H3,(H,32,35). The van der Waals surface area contributed by atoms with Crippen LogP contribution in [0.3, 0.4) is 0 Å². The molecule has 3 N–H and O–H groups in total. The van der Waals surface area contributed by atoms with Crippen LogP contribution in [-0.4, -0.2) is 41.7 Å². The quantitative estimate of drug-likeness (QED) is 0.206. The second-order valence-corrected chi connectivity index (χ2v) is 9.49. The number of esters is 1. The first kappa shape index (κ1) is 28.9. The zero-order chi connectivity index (χ0) is 28.6. The van der Waals surface area contributed by atoms with Crippen molar-refractivity contribution in [1.82, 2.24) is 15.3 Å². The molecule has 214 valence electrons. The Morgan fingerprint density at radius 2 is 1.93 bits per heavy atom. The SMILES string of the molecule is CCCCOC(=O)c1cccc(C(=O)NCc2nc(-c3ccc(OC(F)F)c(OCC4CC4)c3)oc2C(C)N)n1. The van der Waals surface area contributed by atoms with E-state index in [2.05, 4.69) is 20.0 Å². The summed E-state index contributed by atoms with van der Waals surface area (Å²) in [5.41, 5.74) is 6.98. The predicted octanol–water partition coefficient (Wildman–Crippen LogP) is 5.03. The van der Waals surface area contributed by atoms with Gasteiger partial charge in [0.2, 0.25) is 5.89 Å². The van der Waals surface area contributed by atoms with Gasteiger partial charge in [-0.25, -0.2) is 14.8 Å². The second kappa shape index (κ2) is 13.3. The number of halogens is 2. The van der Waals surface area contributed by atoms with Gasteiger partial charge in [0.15, 0.2) is 11.5 Å². The summed E-state index contributed by atoms with van der Waals surface area (Å²) in [6, 6.07) is 8.36. The third kappa shape index (κ3) is 7.75. The molecule has 10 nitrogen and oxygen atoms in total. The minimum absolute atomic E-state index is 0.0303. The first-order valence-corrected chi connectivity index (χ1v) is 13.1. The fraction of sp³-hybridized carbons (Fsp3) is 0.429. The van der Waals surface area contributed by atoms with E-state index in [9.17, 15) is 18.4 Å². The van der Waals surface area contributed by atoms with E-state index in [4.69, 9.17) is 19.6 Å². The topological polar surface area (TPSA) is 139 Å². The summed E-state index contributed by atoms with van der Waals surface area (Å²) in [7, 11) is 0. The van der Waals surface area contributed by atoms with Gasteiger partial charge in [-0.05, 0) is 62.4 Å². The molecule has 0 saturated heterocycles. The molecule has 2 heterocycles. The number of carbonyl (C=O) groups is 2. The van der Waals surface area contributed by atoms with Crippen LogP contribution in [0.2, 0.25) is 0 Å². The van der Waals surface area contributed by atoms with E-state index in [1.165, 1.54) is 30.3 Å². The monoisotopic (exact) mass is 558 g/mol. The number of nitrogens with zero attached hydrogens (tertiary/aromatic N) is 2. The molecule has 1 aromatic carbocycles. The Morgan fingerprint density at radius 1 is 1.15 bits per heavy atom. The van der Waals surface area contributed by atoms with Crippen LogP contribution in [0.1, 0.15) is 78.0 Å². The first-order valence-electron chi connectivity index (χ1n) is 13.1. The summed E-state index contributed by atoms with van der Waals surface area (Å²) in [6.45, 7) is 1.31. The van der Waals surface area contributed by atoms with E-state index >= 15 is 0 Å². The highest BCUT2D eigenvalue weighted by Gasteiger charge is 2.24. The number of oxazole rings is 1. The van der Waals surface area contributed by atoms with Crippen molar-refractivity contribution in [3.05, 3.63) is 59.2 Å². The van der Waals surface area contributed by atoms with E-state index in [0.717, 1.165) is 25.7 Å². The highest BCUT2D eigenvalue weighted by atomic mass is 19.3. The normalized spacial score (nSPS) is 13.7. The number of hydrogen-bond acceptors (Lipinski definition) is 9. The molecule has 1 aliphatic carbocycles. The smallest absolute Gasteiger partial charge is 0.387 e. The van der Waals surface area contributed by atoms with Crippen LogP contribution < -0.4 is 20.5 Å². The molecular weight excluding hydrogens is 526 g/mol.